The van der Waals surface area contributed by atoms with Gasteiger partial charge in [-0.05, 0) is 25.4 Å². The zero-order chi connectivity index (χ0) is 21.9. The van der Waals surface area contributed by atoms with E-state index >= 15 is 0 Å². The van der Waals surface area contributed by atoms with E-state index in [-0.39, 0.29) is 12.2 Å². The zero-order valence-corrected chi connectivity index (χ0v) is 17.3. The Morgan fingerprint density at radius 1 is 1.07 bits per heavy atom. The molecular formula is C15H28N4O7S2. The van der Waals surface area contributed by atoms with Gasteiger partial charge in [-0.25, -0.2) is 4.79 Å². The van der Waals surface area contributed by atoms with Crippen LogP contribution >= 0.6 is 24.4 Å². The fourth-order valence-electron chi connectivity index (χ4n) is 1.98. The van der Waals surface area contributed by atoms with Gasteiger partial charge in [0.15, 0.2) is 6.04 Å². The number of carbonyl (C=O) groups is 4. The maximum Gasteiger partial charge on any atom is 0.328 e. The van der Waals surface area contributed by atoms with Crippen LogP contribution in [0.3, 0.4) is 0 Å². The summed E-state index contributed by atoms with van der Waals surface area (Å²) >= 11 is 5.27. The van der Waals surface area contributed by atoms with E-state index in [1.807, 2.05) is 0 Å². The number of aliphatic carboxylic acids is 1. The van der Waals surface area contributed by atoms with Gasteiger partial charge >= 0.3 is 5.97 Å². The molecule has 0 spiro atoms. The van der Waals surface area contributed by atoms with Gasteiger partial charge < -0.3 is 37.0 Å². The first-order valence-corrected chi connectivity index (χ1v) is 10.4. The summed E-state index contributed by atoms with van der Waals surface area (Å²) in [5, 5.41) is 34.7. The minimum absolute atomic E-state index is 0.0281. The Balaban J connectivity index is 5.18. The first-order chi connectivity index (χ1) is 13.1. The third kappa shape index (κ3) is 9.10. The lowest BCUT2D eigenvalue weighted by Crippen LogP contribution is -2.59. The van der Waals surface area contributed by atoms with Crippen molar-refractivity contribution in [2.24, 2.45) is 5.73 Å². The second-order valence-electron chi connectivity index (χ2n) is 5.94. The van der Waals surface area contributed by atoms with Crippen LogP contribution in [0.1, 0.15) is 13.3 Å². The number of carboxylic acid groups (broad SMARTS) is 1. The van der Waals surface area contributed by atoms with Crippen molar-refractivity contribution in [3.05, 3.63) is 0 Å². The number of hydrogen-bond donors (Lipinski definition) is 8. The van der Waals surface area contributed by atoms with Gasteiger partial charge in [0.2, 0.25) is 17.7 Å². The highest BCUT2D eigenvalue weighted by atomic mass is 32.2. The van der Waals surface area contributed by atoms with Gasteiger partial charge in [0.05, 0.1) is 18.8 Å². The molecule has 13 heteroatoms. The molecule has 162 valence electrons. The minimum atomic E-state index is -1.55. The van der Waals surface area contributed by atoms with E-state index in [1.165, 1.54) is 18.7 Å². The van der Waals surface area contributed by atoms with Gasteiger partial charge in [-0.2, -0.15) is 24.4 Å². The lowest BCUT2D eigenvalue weighted by molar-refractivity contribution is -0.145. The summed E-state index contributed by atoms with van der Waals surface area (Å²) in [7, 11) is 0. The van der Waals surface area contributed by atoms with Gasteiger partial charge in [-0.3, -0.25) is 14.4 Å². The number of hydrogen-bond acceptors (Lipinski definition) is 9. The molecule has 0 aromatic rings. The second kappa shape index (κ2) is 13.6. The number of amides is 3. The number of thioether (sulfide) groups is 1. The van der Waals surface area contributed by atoms with Crippen molar-refractivity contribution in [1.82, 2.24) is 16.0 Å². The zero-order valence-electron chi connectivity index (χ0n) is 15.6. The molecule has 0 fully saturated rings. The van der Waals surface area contributed by atoms with Crippen molar-refractivity contribution in [3.63, 3.8) is 0 Å². The molecule has 5 atom stereocenters. The predicted octanol–water partition coefficient (Wildman–Crippen LogP) is -3.09. The summed E-state index contributed by atoms with van der Waals surface area (Å²) in [5.74, 6) is -3.29. The Hall–Kier alpha value is -1.54. The molecule has 0 bridgehead atoms. The number of rotatable bonds is 13. The third-order valence-corrected chi connectivity index (χ3v) is 4.68. The Labute approximate surface area is 172 Å². The molecule has 0 aliphatic heterocycles. The van der Waals surface area contributed by atoms with Crippen molar-refractivity contribution in [2.45, 2.75) is 43.6 Å². The third-order valence-electron chi connectivity index (χ3n) is 3.64. The second-order valence-corrected chi connectivity index (χ2v) is 7.29. The summed E-state index contributed by atoms with van der Waals surface area (Å²) in [6.45, 7) is 0.468. The highest BCUT2D eigenvalue weighted by Crippen LogP contribution is 2.04. The van der Waals surface area contributed by atoms with Gasteiger partial charge in [-0.15, -0.1) is 0 Å². The first-order valence-electron chi connectivity index (χ1n) is 8.37. The molecule has 0 radical (unpaired) electrons. The molecular weight excluding hydrogens is 412 g/mol. The molecule has 11 nitrogen and oxygen atoms in total. The van der Waals surface area contributed by atoms with Gasteiger partial charge in [-0.1, -0.05) is 0 Å². The standard InChI is InChI=1S/C15H28N4O7S2/c1-7(21)11(15(25)26)19-13(23)9(3-4-28-2)17-14(24)10(5-20)18-12(22)8(16)6-27/h7-11,20-21,27H,3-6,16H2,1-2H3,(H,17,24)(H,18,22)(H,19,23)(H,25,26). The lowest BCUT2D eigenvalue weighted by Gasteiger charge is -2.25. The van der Waals surface area contributed by atoms with Crippen molar-refractivity contribution in [2.75, 3.05) is 24.4 Å². The molecule has 0 aliphatic carbocycles. The van der Waals surface area contributed by atoms with Crippen LogP contribution in [0.5, 0.6) is 0 Å². The Kier molecular flexibility index (Phi) is 12.9. The lowest BCUT2D eigenvalue weighted by atomic mass is 10.1. The first kappa shape index (κ1) is 26.5. The van der Waals surface area contributed by atoms with Crippen molar-refractivity contribution in [1.29, 1.82) is 0 Å². The van der Waals surface area contributed by atoms with Crippen molar-refractivity contribution in [3.8, 4) is 0 Å². The summed E-state index contributed by atoms with van der Waals surface area (Å²) in [6, 6.07) is -5.02. The van der Waals surface area contributed by atoms with Crippen LogP contribution in [-0.4, -0.2) is 93.7 Å². The van der Waals surface area contributed by atoms with E-state index < -0.39 is 60.6 Å². The Bertz CT molecular complexity index is 550. The molecule has 0 saturated heterocycles. The van der Waals surface area contributed by atoms with E-state index in [4.69, 9.17) is 10.8 Å². The highest BCUT2D eigenvalue weighted by molar-refractivity contribution is 7.98. The SMILES string of the molecule is CSCCC(NC(=O)C(CO)NC(=O)C(N)CS)C(=O)NC(C(=O)O)C(C)O. The van der Waals surface area contributed by atoms with Crippen LogP contribution in [0.15, 0.2) is 0 Å². The molecule has 0 aromatic heterocycles. The summed E-state index contributed by atoms with van der Waals surface area (Å²) < 4.78 is 0. The molecule has 5 unspecified atom stereocenters. The molecule has 8 N–H and O–H groups in total. The van der Waals surface area contributed by atoms with E-state index in [0.717, 1.165) is 0 Å². The largest absolute Gasteiger partial charge is 0.480 e. The fourth-order valence-corrected chi connectivity index (χ4v) is 2.61. The molecule has 0 aromatic carbocycles. The average molecular weight is 441 g/mol. The highest BCUT2D eigenvalue weighted by Gasteiger charge is 2.31. The molecule has 0 saturated carbocycles. The number of aliphatic hydroxyl groups excluding tert-OH is 2. The molecule has 0 heterocycles. The average Bonchev–Trinajstić information content (AvgIpc) is 2.65. The van der Waals surface area contributed by atoms with E-state index in [0.29, 0.717) is 5.75 Å². The predicted molar refractivity (Wildman–Crippen MR) is 107 cm³/mol. The van der Waals surface area contributed by atoms with Crippen LogP contribution in [0.25, 0.3) is 0 Å². The van der Waals surface area contributed by atoms with E-state index in [2.05, 4.69) is 28.6 Å². The van der Waals surface area contributed by atoms with Crippen LogP contribution in [0, 0.1) is 0 Å². The van der Waals surface area contributed by atoms with E-state index in [1.54, 1.807) is 6.26 Å². The number of aliphatic hydroxyl groups is 2. The van der Waals surface area contributed by atoms with Crippen LogP contribution in [0.2, 0.25) is 0 Å². The molecule has 0 rings (SSSR count). The van der Waals surface area contributed by atoms with Gasteiger partial charge in [0, 0.05) is 5.75 Å². The monoisotopic (exact) mass is 440 g/mol. The smallest absolute Gasteiger partial charge is 0.328 e. The topological polar surface area (TPSA) is 191 Å². The quantitative estimate of drug-likeness (QED) is 0.137. The van der Waals surface area contributed by atoms with Gasteiger partial charge in [0.25, 0.3) is 0 Å². The van der Waals surface area contributed by atoms with Crippen LogP contribution < -0.4 is 21.7 Å². The van der Waals surface area contributed by atoms with E-state index in [9.17, 15) is 29.4 Å². The molecule has 28 heavy (non-hydrogen) atoms. The maximum absolute atomic E-state index is 12.4. The summed E-state index contributed by atoms with van der Waals surface area (Å²) in [4.78, 5) is 47.7. The van der Waals surface area contributed by atoms with Gasteiger partial charge in [0.1, 0.15) is 12.1 Å². The number of carboxylic acids is 1. The number of thiol groups is 1. The van der Waals surface area contributed by atoms with Crippen molar-refractivity contribution >= 4 is 48.1 Å². The number of carbonyl (C=O) groups excluding carboxylic acids is 3. The minimum Gasteiger partial charge on any atom is -0.480 e. The molecule has 3 amide bonds. The summed E-state index contributed by atoms with van der Waals surface area (Å²) in [6.07, 6.45) is 0.584. The Morgan fingerprint density at radius 3 is 2.04 bits per heavy atom. The molecule has 0 aliphatic rings. The number of nitrogens with two attached hydrogens (primary N) is 1. The van der Waals surface area contributed by atoms with Crippen LogP contribution in [0.4, 0.5) is 0 Å². The Morgan fingerprint density at radius 2 is 1.61 bits per heavy atom. The fraction of sp³-hybridized carbons (Fsp3) is 0.733. The normalized spacial score (nSPS) is 16.2. The summed E-state index contributed by atoms with van der Waals surface area (Å²) in [5.41, 5.74) is 5.50. The maximum atomic E-state index is 12.4. The number of nitrogens with one attached hydrogen (secondary N) is 3. The van der Waals surface area contributed by atoms with Crippen LogP contribution in [-0.2, 0) is 19.2 Å². The van der Waals surface area contributed by atoms with Crippen molar-refractivity contribution < 1.29 is 34.5 Å².